The number of rotatable bonds is 3. The van der Waals surface area contributed by atoms with Crippen LogP contribution in [0.15, 0.2) is 53.1 Å². The topological polar surface area (TPSA) is 69.8 Å². The summed E-state index contributed by atoms with van der Waals surface area (Å²) < 4.78 is 72.2. The van der Waals surface area contributed by atoms with Gasteiger partial charge in [0.05, 0.1) is 30.7 Å². The Labute approximate surface area is 203 Å². The summed E-state index contributed by atoms with van der Waals surface area (Å²) in [6.07, 6.45) is -3.35. The maximum absolute atomic E-state index is 14.2. The van der Waals surface area contributed by atoms with Crippen molar-refractivity contribution in [2.75, 3.05) is 26.2 Å². The minimum atomic E-state index is -4.46. The molecule has 2 aliphatic rings. The molecule has 2 atom stereocenters. The minimum absolute atomic E-state index is 0.0593. The van der Waals surface area contributed by atoms with E-state index in [9.17, 15) is 31.9 Å². The lowest BCUT2D eigenvalue weighted by atomic mass is 9.84. The second-order valence-corrected chi connectivity index (χ2v) is 9.19. The number of amides is 2. The van der Waals surface area contributed by atoms with Crippen LogP contribution in [0.4, 0.5) is 26.7 Å². The molecule has 0 saturated carbocycles. The first-order chi connectivity index (χ1) is 17.1. The van der Waals surface area contributed by atoms with Crippen LogP contribution in [-0.4, -0.2) is 58.2 Å². The maximum atomic E-state index is 14.2. The third kappa shape index (κ3) is 4.79. The number of carbonyl (C=O) groups is 1. The molecule has 3 aromatic rings. The van der Waals surface area contributed by atoms with Gasteiger partial charge in [-0.3, -0.25) is 0 Å². The average Bonchev–Trinajstić information content (AvgIpc) is 3.31. The molecule has 2 amide bonds. The average molecular weight is 507 g/mol. The van der Waals surface area contributed by atoms with Gasteiger partial charge in [-0.15, -0.1) is 0 Å². The highest BCUT2D eigenvalue weighted by atomic mass is 19.4. The van der Waals surface area contributed by atoms with Gasteiger partial charge in [0, 0.05) is 30.6 Å². The van der Waals surface area contributed by atoms with Crippen molar-refractivity contribution in [3.63, 3.8) is 0 Å². The van der Waals surface area contributed by atoms with E-state index < -0.39 is 35.4 Å². The largest absolute Gasteiger partial charge is 0.448 e. The van der Waals surface area contributed by atoms with Gasteiger partial charge in [-0.05, 0) is 36.2 Å². The number of β-amino-alcohol motifs (C(OH)–C–C–N with tert-alkyl or cyclic N) is 1. The number of urea groups is 1. The van der Waals surface area contributed by atoms with E-state index in [-0.39, 0.29) is 55.3 Å². The summed E-state index contributed by atoms with van der Waals surface area (Å²) in [5.74, 6) is -2.00. The smallest absolute Gasteiger partial charge is 0.416 e. The van der Waals surface area contributed by atoms with Crippen LogP contribution >= 0.6 is 0 Å². The zero-order valence-corrected chi connectivity index (χ0v) is 18.9. The molecule has 1 aromatic heterocycles. The third-order valence-corrected chi connectivity index (χ3v) is 6.64. The molecule has 0 spiro atoms. The van der Waals surface area contributed by atoms with E-state index in [0.29, 0.717) is 12.0 Å². The molecule has 3 heterocycles. The normalized spacial score (nSPS) is 20.9. The second kappa shape index (κ2) is 9.20. The maximum Gasteiger partial charge on any atom is 0.416 e. The minimum Gasteiger partial charge on any atom is -0.448 e. The molecule has 0 bridgehead atoms. The number of carbonyl (C=O) groups excluding carboxylic acids is 1. The van der Waals surface area contributed by atoms with E-state index in [1.54, 1.807) is 4.90 Å². The Morgan fingerprint density at radius 2 is 1.64 bits per heavy atom. The Morgan fingerprint density at radius 1 is 0.972 bits per heavy atom. The number of hydrogen-bond donors (Lipinski definition) is 1. The van der Waals surface area contributed by atoms with Crippen LogP contribution in [-0.2, 0) is 6.18 Å². The molecule has 2 fully saturated rings. The number of aliphatic hydroxyl groups excluding tert-OH is 1. The first-order valence-corrected chi connectivity index (χ1v) is 11.4. The Morgan fingerprint density at radius 3 is 2.28 bits per heavy atom. The van der Waals surface area contributed by atoms with Gasteiger partial charge >= 0.3 is 12.2 Å². The number of piperidine rings is 1. The summed E-state index contributed by atoms with van der Waals surface area (Å²) in [6, 6.07) is 7.64. The van der Waals surface area contributed by atoms with Gasteiger partial charge in [-0.25, -0.2) is 18.6 Å². The lowest BCUT2D eigenvalue weighted by Gasteiger charge is -2.43. The van der Waals surface area contributed by atoms with Crippen molar-refractivity contribution in [3.05, 3.63) is 77.4 Å². The fourth-order valence-corrected chi connectivity index (χ4v) is 4.73. The number of oxazole rings is 1. The molecule has 2 unspecified atom stereocenters. The molecule has 5 rings (SSSR count). The molecular formula is C25H22F5N3O3. The van der Waals surface area contributed by atoms with Crippen molar-refractivity contribution < 1.29 is 36.3 Å². The van der Waals surface area contributed by atoms with Crippen molar-refractivity contribution in [2.24, 2.45) is 0 Å². The fourth-order valence-electron chi connectivity index (χ4n) is 4.73. The standard InChI is InChI=1S/C25H22F5N3O3/c26-18-5-6-20(21(27)8-18)22-13-36-23(31-22)16-7-15(14-1-3-17(4-2-14)25(28,29)30)9-32(10-16)24(35)33-11-19(34)12-33/h1-6,8,13,15-16,19,34H,7,9-12H2. The number of aromatic nitrogens is 1. The number of hydrogen-bond acceptors (Lipinski definition) is 4. The van der Waals surface area contributed by atoms with Gasteiger partial charge in [0.15, 0.2) is 5.89 Å². The summed E-state index contributed by atoms with van der Waals surface area (Å²) in [5.41, 5.74) is 0.0946. The molecule has 6 nitrogen and oxygen atoms in total. The first-order valence-electron chi connectivity index (χ1n) is 11.4. The molecule has 190 valence electrons. The summed E-state index contributed by atoms with van der Waals surface area (Å²) in [7, 11) is 0. The van der Waals surface area contributed by atoms with Gasteiger partial charge in [0.25, 0.3) is 0 Å². The van der Waals surface area contributed by atoms with Crippen LogP contribution < -0.4 is 0 Å². The first kappa shape index (κ1) is 24.2. The Hall–Kier alpha value is -3.47. The monoisotopic (exact) mass is 507 g/mol. The van der Waals surface area contributed by atoms with Crippen LogP contribution in [0.2, 0.25) is 0 Å². The molecule has 2 aromatic carbocycles. The molecule has 36 heavy (non-hydrogen) atoms. The van der Waals surface area contributed by atoms with E-state index in [4.69, 9.17) is 4.42 Å². The molecule has 2 saturated heterocycles. The Balaban J connectivity index is 1.42. The van der Waals surface area contributed by atoms with Gasteiger partial charge in [-0.1, -0.05) is 12.1 Å². The highest BCUT2D eigenvalue weighted by Crippen LogP contribution is 2.38. The molecule has 0 aliphatic carbocycles. The summed E-state index contributed by atoms with van der Waals surface area (Å²) in [5, 5.41) is 9.58. The molecule has 0 radical (unpaired) electrons. The molecule has 1 N–H and O–H groups in total. The predicted molar refractivity (Wildman–Crippen MR) is 118 cm³/mol. The second-order valence-electron chi connectivity index (χ2n) is 9.19. The van der Waals surface area contributed by atoms with Crippen molar-refractivity contribution in [1.29, 1.82) is 0 Å². The number of likely N-dealkylation sites (tertiary alicyclic amines) is 2. The molecular weight excluding hydrogens is 485 g/mol. The third-order valence-electron chi connectivity index (χ3n) is 6.64. The number of alkyl halides is 3. The SMILES string of the molecule is O=C(N1CC(O)C1)N1CC(c2ccc(C(F)(F)F)cc2)CC(c2nc(-c3ccc(F)cc3F)co2)C1. The van der Waals surface area contributed by atoms with E-state index in [0.717, 1.165) is 24.3 Å². The molecule has 11 heteroatoms. The van der Waals surface area contributed by atoms with Crippen molar-refractivity contribution in [2.45, 2.75) is 30.5 Å². The van der Waals surface area contributed by atoms with Crippen LogP contribution in [0.25, 0.3) is 11.3 Å². The summed E-state index contributed by atoms with van der Waals surface area (Å²) in [4.78, 5) is 20.5. The van der Waals surface area contributed by atoms with Gasteiger partial charge < -0.3 is 19.3 Å². The van der Waals surface area contributed by atoms with Gasteiger partial charge in [-0.2, -0.15) is 13.2 Å². The summed E-state index contributed by atoms with van der Waals surface area (Å²) >= 11 is 0. The number of halogens is 5. The predicted octanol–water partition coefficient (Wildman–Crippen LogP) is 5.01. The van der Waals surface area contributed by atoms with Crippen molar-refractivity contribution in [1.82, 2.24) is 14.8 Å². The number of aliphatic hydroxyl groups is 1. The molecule has 2 aliphatic heterocycles. The number of nitrogens with zero attached hydrogens (tertiary/aromatic N) is 3. The van der Waals surface area contributed by atoms with E-state index in [1.807, 2.05) is 0 Å². The van der Waals surface area contributed by atoms with Crippen LogP contribution in [0.5, 0.6) is 0 Å². The summed E-state index contributed by atoms with van der Waals surface area (Å²) in [6.45, 7) is 0.914. The number of benzene rings is 2. The highest BCUT2D eigenvalue weighted by molar-refractivity contribution is 5.76. The van der Waals surface area contributed by atoms with E-state index in [2.05, 4.69) is 4.98 Å². The quantitative estimate of drug-likeness (QED) is 0.507. The Bertz CT molecular complexity index is 1250. The highest BCUT2D eigenvalue weighted by Gasteiger charge is 2.39. The van der Waals surface area contributed by atoms with Gasteiger partial charge in [0.1, 0.15) is 23.6 Å². The zero-order chi connectivity index (χ0) is 25.6. The Kier molecular flexibility index (Phi) is 6.19. The van der Waals surface area contributed by atoms with E-state index in [1.165, 1.54) is 29.4 Å². The van der Waals surface area contributed by atoms with Crippen molar-refractivity contribution >= 4 is 6.03 Å². The fraction of sp³-hybridized carbons (Fsp3) is 0.360. The van der Waals surface area contributed by atoms with Crippen LogP contribution in [0.1, 0.15) is 35.3 Å². The zero-order valence-electron chi connectivity index (χ0n) is 18.9. The van der Waals surface area contributed by atoms with Crippen LogP contribution in [0, 0.1) is 11.6 Å². The van der Waals surface area contributed by atoms with Gasteiger partial charge in [0.2, 0.25) is 0 Å². The van der Waals surface area contributed by atoms with Crippen molar-refractivity contribution in [3.8, 4) is 11.3 Å². The lowest BCUT2D eigenvalue weighted by molar-refractivity contribution is -0.137. The van der Waals surface area contributed by atoms with E-state index >= 15 is 0 Å². The van der Waals surface area contributed by atoms with Crippen LogP contribution in [0.3, 0.4) is 0 Å². The lowest BCUT2D eigenvalue weighted by Crippen LogP contribution is -2.59.